The average molecular weight is 286 g/mol. The maximum absolute atomic E-state index is 12.4. The quantitative estimate of drug-likeness (QED) is 0.676. The van der Waals surface area contributed by atoms with Gasteiger partial charge in [-0.2, -0.15) is 0 Å². The minimum Gasteiger partial charge on any atom is -0.299 e. The van der Waals surface area contributed by atoms with Crippen LogP contribution in [0.25, 0.3) is 0 Å². The first-order valence-electron chi connectivity index (χ1n) is 8.70. The molecule has 21 heavy (non-hydrogen) atoms. The lowest BCUT2D eigenvalue weighted by Crippen LogP contribution is -2.52. The Bertz CT molecular complexity index is 534. The highest BCUT2D eigenvalue weighted by molar-refractivity contribution is 5.91. The molecule has 6 atom stereocenters. The Morgan fingerprint density at radius 3 is 2.67 bits per heavy atom. The average Bonchev–Trinajstić information content (AvgIpc) is 2.76. The first-order chi connectivity index (χ1) is 9.95. The van der Waals surface area contributed by atoms with E-state index in [0.29, 0.717) is 35.2 Å². The zero-order valence-corrected chi connectivity index (χ0v) is 13.2. The summed E-state index contributed by atoms with van der Waals surface area (Å²) in [6.07, 6.45) is 11.4. The molecular formula is C19H26O2. The highest BCUT2D eigenvalue weighted by atomic mass is 16.1. The Morgan fingerprint density at radius 1 is 1.05 bits per heavy atom. The number of allylic oxidation sites excluding steroid dienone is 2. The zero-order chi connectivity index (χ0) is 14.8. The van der Waals surface area contributed by atoms with E-state index in [4.69, 9.17) is 0 Å². The van der Waals surface area contributed by atoms with E-state index < -0.39 is 0 Å². The summed E-state index contributed by atoms with van der Waals surface area (Å²) >= 11 is 0. The van der Waals surface area contributed by atoms with Crippen molar-refractivity contribution in [2.24, 2.45) is 34.5 Å². The predicted molar refractivity (Wildman–Crippen MR) is 81.6 cm³/mol. The molecule has 3 saturated carbocycles. The first-order valence-corrected chi connectivity index (χ1v) is 8.70. The van der Waals surface area contributed by atoms with Crippen LogP contribution in [-0.2, 0) is 9.59 Å². The van der Waals surface area contributed by atoms with Gasteiger partial charge in [0.1, 0.15) is 5.78 Å². The van der Waals surface area contributed by atoms with Gasteiger partial charge >= 0.3 is 0 Å². The molecule has 0 heterocycles. The van der Waals surface area contributed by atoms with Crippen LogP contribution in [0.4, 0.5) is 0 Å². The van der Waals surface area contributed by atoms with Crippen LogP contribution in [0.3, 0.4) is 0 Å². The van der Waals surface area contributed by atoms with Crippen LogP contribution in [-0.4, -0.2) is 11.6 Å². The molecule has 0 amide bonds. The molecule has 4 rings (SSSR count). The van der Waals surface area contributed by atoms with E-state index in [1.54, 1.807) is 0 Å². The van der Waals surface area contributed by atoms with E-state index in [1.807, 2.05) is 6.08 Å². The molecule has 114 valence electrons. The zero-order valence-electron chi connectivity index (χ0n) is 13.2. The minimum atomic E-state index is -0.0292. The van der Waals surface area contributed by atoms with Crippen LogP contribution in [0, 0.1) is 34.5 Å². The first kappa shape index (κ1) is 13.7. The molecule has 3 fully saturated rings. The van der Waals surface area contributed by atoms with Gasteiger partial charge in [0.2, 0.25) is 0 Å². The SMILES string of the molecule is C[C@]12C=CC(=O)C[C@@H]1CC[C@H]1[C@H]2CC[C@]2(C)C(=O)CC[C@H]12. The molecule has 0 N–H and O–H groups in total. The summed E-state index contributed by atoms with van der Waals surface area (Å²) < 4.78 is 0. The second-order valence-electron chi connectivity index (χ2n) is 8.44. The monoisotopic (exact) mass is 286 g/mol. The molecule has 2 nitrogen and oxygen atoms in total. The van der Waals surface area contributed by atoms with Gasteiger partial charge in [-0.05, 0) is 67.3 Å². The Labute approximate surface area is 127 Å². The fourth-order valence-corrected chi connectivity index (χ4v) is 6.41. The summed E-state index contributed by atoms with van der Waals surface area (Å²) in [6.45, 7) is 4.62. The Balaban J connectivity index is 1.70. The molecule has 0 saturated heterocycles. The van der Waals surface area contributed by atoms with Gasteiger partial charge in [0, 0.05) is 18.3 Å². The molecule has 0 aromatic heterocycles. The second-order valence-corrected chi connectivity index (χ2v) is 8.44. The van der Waals surface area contributed by atoms with Gasteiger partial charge in [0.05, 0.1) is 0 Å². The number of Topliss-reactive ketones (excluding diaryl/α,β-unsaturated/α-hetero) is 1. The number of fused-ring (bicyclic) bond motifs is 5. The summed E-state index contributed by atoms with van der Waals surface area (Å²) in [6, 6.07) is 0. The maximum Gasteiger partial charge on any atom is 0.155 e. The van der Waals surface area contributed by atoms with Gasteiger partial charge in [0.25, 0.3) is 0 Å². The van der Waals surface area contributed by atoms with Crippen LogP contribution in [0.15, 0.2) is 12.2 Å². The smallest absolute Gasteiger partial charge is 0.155 e. The van der Waals surface area contributed by atoms with Crippen molar-refractivity contribution < 1.29 is 9.59 Å². The molecule has 0 aromatic carbocycles. The van der Waals surface area contributed by atoms with E-state index in [-0.39, 0.29) is 10.8 Å². The largest absolute Gasteiger partial charge is 0.299 e. The molecular weight excluding hydrogens is 260 g/mol. The Kier molecular flexibility index (Phi) is 2.81. The van der Waals surface area contributed by atoms with E-state index in [2.05, 4.69) is 19.9 Å². The topological polar surface area (TPSA) is 34.1 Å². The number of carbonyl (C=O) groups is 2. The van der Waals surface area contributed by atoms with Gasteiger partial charge in [-0.3, -0.25) is 9.59 Å². The number of hydrogen-bond acceptors (Lipinski definition) is 2. The molecule has 0 radical (unpaired) electrons. The van der Waals surface area contributed by atoms with Crippen molar-refractivity contribution in [1.82, 2.24) is 0 Å². The summed E-state index contributed by atoms with van der Waals surface area (Å²) in [4.78, 5) is 24.1. The van der Waals surface area contributed by atoms with Crippen molar-refractivity contribution in [1.29, 1.82) is 0 Å². The number of ketones is 2. The third-order valence-corrected chi connectivity index (χ3v) is 7.75. The molecule has 4 aliphatic carbocycles. The lowest BCUT2D eigenvalue weighted by atomic mass is 9.46. The fraction of sp³-hybridized carbons (Fsp3) is 0.789. The van der Waals surface area contributed by atoms with Crippen LogP contribution in [0.1, 0.15) is 58.8 Å². The number of carbonyl (C=O) groups excluding carboxylic acids is 2. The highest BCUT2D eigenvalue weighted by Gasteiger charge is 2.59. The standard InChI is InChI=1S/C19H26O2/c1-18-9-7-13(20)11-12(18)3-4-14-15-5-6-17(21)19(15,2)10-8-16(14)18/h7,9,12,14-16H,3-6,8,10-11H2,1-2H3/t12-,14+,15+,16+,18-,19-/m0/s1. The van der Waals surface area contributed by atoms with E-state index in [1.165, 1.54) is 19.3 Å². The van der Waals surface area contributed by atoms with Crippen LogP contribution >= 0.6 is 0 Å². The molecule has 0 aliphatic heterocycles. The molecule has 0 spiro atoms. The van der Waals surface area contributed by atoms with Crippen molar-refractivity contribution in [2.45, 2.75) is 58.8 Å². The molecule has 2 heteroatoms. The van der Waals surface area contributed by atoms with Crippen molar-refractivity contribution in [3.8, 4) is 0 Å². The third-order valence-electron chi connectivity index (χ3n) is 7.75. The van der Waals surface area contributed by atoms with Gasteiger partial charge in [-0.1, -0.05) is 19.9 Å². The van der Waals surface area contributed by atoms with Gasteiger partial charge in [-0.25, -0.2) is 0 Å². The fourth-order valence-electron chi connectivity index (χ4n) is 6.41. The second kappa shape index (κ2) is 4.30. The summed E-state index contributed by atoms with van der Waals surface area (Å²) in [7, 11) is 0. The minimum absolute atomic E-state index is 0.0292. The van der Waals surface area contributed by atoms with E-state index in [9.17, 15) is 9.59 Å². The van der Waals surface area contributed by atoms with Crippen molar-refractivity contribution in [3.63, 3.8) is 0 Å². The maximum atomic E-state index is 12.4. The van der Waals surface area contributed by atoms with Crippen LogP contribution in [0.2, 0.25) is 0 Å². The predicted octanol–water partition coefficient (Wildman–Crippen LogP) is 3.94. The Hall–Kier alpha value is -0.920. The lowest BCUT2D eigenvalue weighted by Gasteiger charge is -2.57. The highest BCUT2D eigenvalue weighted by Crippen LogP contribution is 2.64. The van der Waals surface area contributed by atoms with Crippen LogP contribution < -0.4 is 0 Å². The normalized spacial score (nSPS) is 52.3. The Morgan fingerprint density at radius 2 is 1.86 bits per heavy atom. The summed E-state index contributed by atoms with van der Waals surface area (Å²) in [5.74, 6) is 3.37. The summed E-state index contributed by atoms with van der Waals surface area (Å²) in [5.41, 5.74) is 0.169. The van der Waals surface area contributed by atoms with Crippen molar-refractivity contribution in [2.75, 3.05) is 0 Å². The van der Waals surface area contributed by atoms with E-state index >= 15 is 0 Å². The van der Waals surface area contributed by atoms with Gasteiger partial charge in [-0.15, -0.1) is 0 Å². The van der Waals surface area contributed by atoms with E-state index in [0.717, 1.165) is 25.7 Å². The number of hydrogen-bond donors (Lipinski definition) is 0. The van der Waals surface area contributed by atoms with Crippen molar-refractivity contribution in [3.05, 3.63) is 12.2 Å². The molecule has 0 unspecified atom stereocenters. The molecule has 0 bridgehead atoms. The molecule has 0 aromatic rings. The van der Waals surface area contributed by atoms with Crippen LogP contribution in [0.5, 0.6) is 0 Å². The van der Waals surface area contributed by atoms with Gasteiger partial charge in [0.15, 0.2) is 5.78 Å². The van der Waals surface area contributed by atoms with Crippen molar-refractivity contribution >= 4 is 11.6 Å². The third kappa shape index (κ3) is 1.71. The molecule has 4 aliphatic rings. The van der Waals surface area contributed by atoms with Gasteiger partial charge < -0.3 is 0 Å². The summed E-state index contributed by atoms with van der Waals surface area (Å²) in [5, 5.41) is 0. The lowest BCUT2D eigenvalue weighted by molar-refractivity contribution is -0.135. The number of rotatable bonds is 0.